The first-order valence-electron chi connectivity index (χ1n) is 9.43. The van der Waals surface area contributed by atoms with Gasteiger partial charge in [-0.2, -0.15) is 0 Å². The van der Waals surface area contributed by atoms with E-state index in [4.69, 9.17) is 14.2 Å². The van der Waals surface area contributed by atoms with Crippen LogP contribution in [-0.2, 0) is 4.79 Å². The summed E-state index contributed by atoms with van der Waals surface area (Å²) in [5, 5.41) is 0. The highest BCUT2D eigenvalue weighted by Gasteiger charge is 2.09. The van der Waals surface area contributed by atoms with Gasteiger partial charge in [-0.1, -0.05) is 25.1 Å². The molecule has 3 rings (SSSR count). The van der Waals surface area contributed by atoms with Crippen molar-refractivity contribution in [2.24, 2.45) is 4.99 Å². The molecule has 5 nitrogen and oxygen atoms in total. The van der Waals surface area contributed by atoms with Crippen LogP contribution in [0.15, 0.2) is 77.8 Å². The third-order valence-electron chi connectivity index (χ3n) is 4.04. The number of benzene rings is 3. The Morgan fingerprint density at radius 1 is 0.931 bits per heavy atom. The van der Waals surface area contributed by atoms with E-state index in [0.717, 1.165) is 29.2 Å². The van der Waals surface area contributed by atoms with E-state index in [1.165, 1.54) is 0 Å². The van der Waals surface area contributed by atoms with E-state index in [9.17, 15) is 4.79 Å². The number of carbonyl (C=O) groups excluding carboxylic acids is 1. The van der Waals surface area contributed by atoms with Gasteiger partial charge in [0.15, 0.2) is 11.5 Å². The Hall–Kier alpha value is -3.60. The predicted octanol–water partition coefficient (Wildman–Crippen LogP) is 5.94. The van der Waals surface area contributed by atoms with Crippen LogP contribution in [0.25, 0.3) is 0 Å². The second-order valence-corrected chi connectivity index (χ2v) is 6.30. The SMILES string of the molecule is CCCC(=O)Oc1ccc(C=Nc2ccc(Oc3ccccc3)cc2)cc1OC. The lowest BCUT2D eigenvalue weighted by Crippen LogP contribution is -2.08. The third-order valence-corrected chi connectivity index (χ3v) is 4.04. The fourth-order valence-electron chi connectivity index (χ4n) is 2.60. The zero-order valence-electron chi connectivity index (χ0n) is 16.5. The van der Waals surface area contributed by atoms with Crippen LogP contribution in [0.3, 0.4) is 0 Å². The van der Waals surface area contributed by atoms with E-state index in [1.807, 2.05) is 67.6 Å². The number of methoxy groups -OCH3 is 1. The summed E-state index contributed by atoms with van der Waals surface area (Å²) in [6.07, 6.45) is 2.84. The van der Waals surface area contributed by atoms with Gasteiger partial charge in [-0.3, -0.25) is 9.79 Å². The topological polar surface area (TPSA) is 57.1 Å². The summed E-state index contributed by atoms with van der Waals surface area (Å²) in [7, 11) is 1.54. The molecule has 0 aliphatic rings. The lowest BCUT2D eigenvalue weighted by atomic mass is 10.2. The third kappa shape index (κ3) is 5.94. The number of para-hydroxylation sites is 1. The standard InChI is InChI=1S/C24H23NO4/c1-3-7-24(26)29-22-15-10-18(16-23(22)27-2)17-25-19-11-13-21(14-12-19)28-20-8-5-4-6-9-20/h4-6,8-17H,3,7H2,1-2H3. The molecule has 0 unspecified atom stereocenters. The van der Waals surface area contributed by atoms with E-state index in [0.29, 0.717) is 17.9 Å². The molecule has 3 aromatic rings. The van der Waals surface area contributed by atoms with Crippen molar-refractivity contribution in [3.63, 3.8) is 0 Å². The van der Waals surface area contributed by atoms with E-state index in [-0.39, 0.29) is 5.97 Å². The van der Waals surface area contributed by atoms with Crippen LogP contribution in [0, 0.1) is 0 Å². The van der Waals surface area contributed by atoms with Crippen molar-refractivity contribution in [3.8, 4) is 23.0 Å². The van der Waals surface area contributed by atoms with E-state index in [2.05, 4.69) is 4.99 Å². The first-order chi connectivity index (χ1) is 14.2. The van der Waals surface area contributed by atoms with Gasteiger partial charge in [0, 0.05) is 12.6 Å². The van der Waals surface area contributed by atoms with Crippen LogP contribution in [0.2, 0.25) is 0 Å². The summed E-state index contributed by atoms with van der Waals surface area (Å²) < 4.78 is 16.4. The molecule has 0 saturated carbocycles. The van der Waals surface area contributed by atoms with Crippen LogP contribution in [0.5, 0.6) is 23.0 Å². The summed E-state index contributed by atoms with van der Waals surface area (Å²) in [5.41, 5.74) is 1.63. The molecule has 148 valence electrons. The van der Waals surface area contributed by atoms with Crippen LogP contribution in [0.1, 0.15) is 25.3 Å². The Bertz CT molecular complexity index is 966. The average molecular weight is 389 g/mol. The van der Waals surface area contributed by atoms with E-state index >= 15 is 0 Å². The first kappa shape index (κ1) is 20.1. The minimum Gasteiger partial charge on any atom is -0.493 e. The van der Waals surface area contributed by atoms with Crippen LogP contribution in [0.4, 0.5) is 5.69 Å². The molecule has 0 aliphatic carbocycles. The van der Waals surface area contributed by atoms with Crippen LogP contribution in [-0.4, -0.2) is 19.3 Å². The predicted molar refractivity (Wildman–Crippen MR) is 114 cm³/mol. The highest BCUT2D eigenvalue weighted by Crippen LogP contribution is 2.28. The van der Waals surface area contributed by atoms with Crippen molar-refractivity contribution >= 4 is 17.9 Å². The van der Waals surface area contributed by atoms with Crippen molar-refractivity contribution in [1.29, 1.82) is 0 Å². The molecular formula is C24H23NO4. The number of hydrogen-bond donors (Lipinski definition) is 0. The molecule has 5 heteroatoms. The molecule has 0 heterocycles. The number of hydrogen-bond acceptors (Lipinski definition) is 5. The Morgan fingerprint density at radius 3 is 2.34 bits per heavy atom. The molecule has 3 aromatic carbocycles. The minimum absolute atomic E-state index is 0.273. The van der Waals surface area contributed by atoms with E-state index in [1.54, 1.807) is 25.5 Å². The number of carbonyl (C=O) groups is 1. The van der Waals surface area contributed by atoms with Gasteiger partial charge >= 0.3 is 5.97 Å². The Morgan fingerprint density at radius 2 is 1.66 bits per heavy atom. The smallest absolute Gasteiger partial charge is 0.311 e. The molecule has 0 aromatic heterocycles. The van der Waals surface area contributed by atoms with Crippen molar-refractivity contribution in [3.05, 3.63) is 78.4 Å². The van der Waals surface area contributed by atoms with Crippen molar-refractivity contribution in [2.75, 3.05) is 7.11 Å². The molecule has 0 N–H and O–H groups in total. The second kappa shape index (κ2) is 10.1. The Kier molecular flexibility index (Phi) is 7.00. The minimum atomic E-state index is -0.273. The van der Waals surface area contributed by atoms with Crippen LogP contribution >= 0.6 is 0 Å². The number of aliphatic imine (C=N–C) groups is 1. The lowest BCUT2D eigenvalue weighted by molar-refractivity contribution is -0.134. The lowest BCUT2D eigenvalue weighted by Gasteiger charge is -2.09. The Labute approximate surface area is 170 Å². The fourth-order valence-corrected chi connectivity index (χ4v) is 2.60. The molecule has 0 amide bonds. The highest BCUT2D eigenvalue weighted by molar-refractivity contribution is 5.83. The Balaban J connectivity index is 1.66. The molecule has 0 aliphatic heterocycles. The maximum absolute atomic E-state index is 11.7. The van der Waals surface area contributed by atoms with Crippen LogP contribution < -0.4 is 14.2 Å². The first-order valence-corrected chi connectivity index (χ1v) is 9.43. The normalized spacial score (nSPS) is 10.7. The zero-order chi connectivity index (χ0) is 20.5. The molecule has 0 fully saturated rings. The van der Waals surface area contributed by atoms with Gasteiger partial charge in [0.2, 0.25) is 0 Å². The van der Waals surface area contributed by atoms with E-state index < -0.39 is 0 Å². The van der Waals surface area contributed by atoms with Crippen molar-refractivity contribution in [2.45, 2.75) is 19.8 Å². The number of ether oxygens (including phenoxy) is 3. The summed E-state index contributed by atoms with van der Waals surface area (Å²) in [6.45, 7) is 1.93. The van der Waals surface area contributed by atoms with Gasteiger partial charge in [-0.15, -0.1) is 0 Å². The molecule has 0 bridgehead atoms. The average Bonchev–Trinajstić information content (AvgIpc) is 2.75. The summed E-state index contributed by atoms with van der Waals surface area (Å²) >= 11 is 0. The molecule has 0 atom stereocenters. The van der Waals surface area contributed by atoms with Gasteiger partial charge in [0.25, 0.3) is 0 Å². The monoisotopic (exact) mass is 389 g/mol. The molecular weight excluding hydrogens is 366 g/mol. The zero-order valence-corrected chi connectivity index (χ0v) is 16.5. The summed E-state index contributed by atoms with van der Waals surface area (Å²) in [4.78, 5) is 16.2. The molecule has 0 saturated heterocycles. The maximum Gasteiger partial charge on any atom is 0.311 e. The quantitative estimate of drug-likeness (QED) is 0.272. The fraction of sp³-hybridized carbons (Fsp3) is 0.167. The van der Waals surface area contributed by atoms with Gasteiger partial charge in [0.1, 0.15) is 11.5 Å². The van der Waals surface area contributed by atoms with Crippen molar-refractivity contribution in [1.82, 2.24) is 0 Å². The summed E-state index contributed by atoms with van der Waals surface area (Å²) in [6, 6.07) is 22.4. The van der Waals surface area contributed by atoms with Crippen molar-refractivity contribution < 1.29 is 19.0 Å². The molecule has 0 spiro atoms. The number of nitrogens with zero attached hydrogens (tertiary/aromatic N) is 1. The molecule has 29 heavy (non-hydrogen) atoms. The highest BCUT2D eigenvalue weighted by atomic mass is 16.6. The summed E-state index contributed by atoms with van der Waals surface area (Å²) in [5.74, 6) is 2.16. The van der Waals surface area contributed by atoms with Gasteiger partial charge in [0.05, 0.1) is 12.8 Å². The molecule has 0 radical (unpaired) electrons. The second-order valence-electron chi connectivity index (χ2n) is 6.30. The largest absolute Gasteiger partial charge is 0.493 e. The maximum atomic E-state index is 11.7. The number of rotatable bonds is 8. The van der Waals surface area contributed by atoms with Gasteiger partial charge in [-0.05, 0) is 66.6 Å². The van der Waals surface area contributed by atoms with Gasteiger partial charge < -0.3 is 14.2 Å². The number of esters is 1. The van der Waals surface area contributed by atoms with Gasteiger partial charge in [-0.25, -0.2) is 0 Å².